The normalized spacial score (nSPS) is 18.2. The molecule has 1 unspecified atom stereocenters. The van der Waals surface area contributed by atoms with Gasteiger partial charge in [0.05, 0.1) is 12.0 Å². The molecule has 1 aromatic rings. The summed E-state index contributed by atoms with van der Waals surface area (Å²) >= 11 is 0. The van der Waals surface area contributed by atoms with Crippen molar-refractivity contribution in [2.24, 2.45) is 0 Å². The van der Waals surface area contributed by atoms with E-state index in [0.717, 1.165) is 11.1 Å². The average Bonchev–Trinajstić information content (AvgIpc) is 2.55. The summed E-state index contributed by atoms with van der Waals surface area (Å²) in [4.78, 5) is 24.3. The van der Waals surface area contributed by atoms with Crippen molar-refractivity contribution >= 4 is 11.9 Å². The molecule has 0 bridgehead atoms. The number of amides is 1. The number of rotatable bonds is 6. The Morgan fingerprint density at radius 1 is 1.35 bits per heavy atom. The molecule has 0 aromatic heterocycles. The molecular weight excluding hydrogens is 298 g/mol. The largest absolute Gasteiger partial charge is 0.480 e. The van der Waals surface area contributed by atoms with Crippen LogP contribution in [0.2, 0.25) is 0 Å². The van der Waals surface area contributed by atoms with Crippen LogP contribution in [0.3, 0.4) is 0 Å². The Hall–Kier alpha value is -1.92. The lowest BCUT2D eigenvalue weighted by atomic mass is 9.71. The lowest BCUT2D eigenvalue weighted by Gasteiger charge is -2.38. The number of carbonyl (C=O) groups excluding carboxylic acids is 1. The van der Waals surface area contributed by atoms with E-state index in [-0.39, 0.29) is 12.5 Å². The molecule has 2 rings (SSSR count). The quantitative estimate of drug-likeness (QED) is 0.824. The highest BCUT2D eigenvalue weighted by atomic mass is 16.5. The predicted molar refractivity (Wildman–Crippen MR) is 84.4 cm³/mol. The van der Waals surface area contributed by atoms with Gasteiger partial charge >= 0.3 is 5.97 Å². The number of ether oxygens (including phenoxy) is 2. The van der Waals surface area contributed by atoms with Gasteiger partial charge in [0.25, 0.3) is 0 Å². The first kappa shape index (κ1) is 17.4. The van der Waals surface area contributed by atoms with Crippen molar-refractivity contribution in [3.63, 3.8) is 0 Å². The summed E-state index contributed by atoms with van der Waals surface area (Å²) in [7, 11) is 1.41. The van der Waals surface area contributed by atoms with Gasteiger partial charge in [0.1, 0.15) is 0 Å². The maximum atomic E-state index is 13.0. The van der Waals surface area contributed by atoms with Gasteiger partial charge in [-0.15, -0.1) is 0 Å². The first-order valence-corrected chi connectivity index (χ1v) is 7.68. The van der Waals surface area contributed by atoms with Crippen molar-refractivity contribution in [1.29, 1.82) is 0 Å². The number of carboxylic acids is 1. The number of hydrogen-bond acceptors (Lipinski definition) is 4. The summed E-state index contributed by atoms with van der Waals surface area (Å²) in [6.07, 6.45) is 1.06. The second-order valence-electron chi connectivity index (χ2n) is 5.83. The van der Waals surface area contributed by atoms with Crippen molar-refractivity contribution in [3.05, 3.63) is 35.4 Å². The van der Waals surface area contributed by atoms with Crippen molar-refractivity contribution < 1.29 is 24.2 Å². The molecule has 6 nitrogen and oxygen atoms in total. The maximum absolute atomic E-state index is 13.0. The molecule has 126 valence electrons. The van der Waals surface area contributed by atoms with E-state index in [9.17, 15) is 14.7 Å². The van der Waals surface area contributed by atoms with Gasteiger partial charge in [-0.3, -0.25) is 4.79 Å². The molecule has 1 saturated heterocycles. The minimum atomic E-state index is -1.10. The van der Waals surface area contributed by atoms with Crippen LogP contribution in [-0.2, 0) is 24.5 Å². The summed E-state index contributed by atoms with van der Waals surface area (Å²) < 4.78 is 10.3. The van der Waals surface area contributed by atoms with Crippen LogP contribution >= 0.6 is 0 Å². The zero-order valence-electron chi connectivity index (χ0n) is 13.5. The lowest BCUT2D eigenvalue weighted by molar-refractivity contribution is -0.145. The summed E-state index contributed by atoms with van der Waals surface area (Å²) in [6, 6.07) is 6.66. The van der Waals surface area contributed by atoms with Crippen molar-refractivity contribution in [2.45, 2.75) is 31.2 Å². The predicted octanol–water partition coefficient (Wildman–Crippen LogP) is 1.26. The van der Waals surface area contributed by atoms with E-state index >= 15 is 0 Å². The Bertz CT molecular complexity index is 566. The zero-order chi connectivity index (χ0) is 16.9. The Morgan fingerprint density at radius 2 is 2.00 bits per heavy atom. The van der Waals surface area contributed by atoms with Gasteiger partial charge in [0.2, 0.25) is 5.91 Å². The van der Waals surface area contributed by atoms with Crippen LogP contribution in [-0.4, -0.2) is 50.0 Å². The van der Waals surface area contributed by atoms with Crippen molar-refractivity contribution in [1.82, 2.24) is 5.32 Å². The second kappa shape index (κ2) is 7.57. The minimum absolute atomic E-state index is 0.0680. The Labute approximate surface area is 135 Å². The van der Waals surface area contributed by atoms with Gasteiger partial charge in [-0.2, -0.15) is 0 Å². The fourth-order valence-electron chi connectivity index (χ4n) is 3.09. The maximum Gasteiger partial charge on any atom is 0.328 e. The summed E-state index contributed by atoms with van der Waals surface area (Å²) in [5.74, 6) is -1.38. The first-order valence-electron chi connectivity index (χ1n) is 7.68. The van der Waals surface area contributed by atoms with Crippen molar-refractivity contribution in [2.75, 3.05) is 26.9 Å². The fourth-order valence-corrected chi connectivity index (χ4v) is 3.09. The standard InChI is InChI=1S/C17H23NO5/c1-12-5-3-4-6-13(12)17(7-9-23-10-8-17)16(21)18-14(11-22-2)15(19)20/h3-6,14H,7-11H2,1-2H3,(H,18,21)(H,19,20). The smallest absolute Gasteiger partial charge is 0.328 e. The molecule has 1 aliphatic heterocycles. The molecule has 0 saturated carbocycles. The Balaban J connectivity index is 2.33. The summed E-state index contributed by atoms with van der Waals surface area (Å²) in [6.45, 7) is 2.85. The third-order valence-electron chi connectivity index (χ3n) is 4.38. The number of hydrogen-bond donors (Lipinski definition) is 2. The SMILES string of the molecule is COCC(NC(=O)C1(c2ccccc2C)CCOCC1)C(=O)O. The average molecular weight is 321 g/mol. The number of methoxy groups -OCH3 is 1. The van der Waals surface area contributed by atoms with E-state index in [1.54, 1.807) is 0 Å². The summed E-state index contributed by atoms with van der Waals surface area (Å²) in [5, 5.41) is 11.9. The van der Waals surface area contributed by atoms with Crippen LogP contribution in [0.15, 0.2) is 24.3 Å². The molecular formula is C17H23NO5. The van der Waals surface area contributed by atoms with E-state index in [2.05, 4.69) is 5.32 Å². The monoisotopic (exact) mass is 321 g/mol. The van der Waals surface area contributed by atoms with Gasteiger partial charge in [0, 0.05) is 20.3 Å². The van der Waals surface area contributed by atoms with Crippen LogP contribution in [0, 0.1) is 6.92 Å². The molecule has 1 heterocycles. The Kier molecular flexibility index (Phi) is 5.74. The number of nitrogens with one attached hydrogen (secondary N) is 1. The highest BCUT2D eigenvalue weighted by Crippen LogP contribution is 2.37. The Morgan fingerprint density at radius 3 is 2.57 bits per heavy atom. The third kappa shape index (κ3) is 3.71. The molecule has 1 amide bonds. The minimum Gasteiger partial charge on any atom is -0.480 e. The molecule has 6 heteroatoms. The first-order chi connectivity index (χ1) is 11.0. The van der Waals surface area contributed by atoms with E-state index in [4.69, 9.17) is 9.47 Å². The van der Waals surface area contributed by atoms with Gasteiger partial charge in [-0.1, -0.05) is 24.3 Å². The van der Waals surface area contributed by atoms with Gasteiger partial charge < -0.3 is 19.9 Å². The topological polar surface area (TPSA) is 84.9 Å². The molecule has 1 aromatic carbocycles. The number of benzene rings is 1. The number of aryl methyl sites for hydroxylation is 1. The van der Waals surface area contributed by atoms with Crippen LogP contribution in [0.25, 0.3) is 0 Å². The van der Waals surface area contributed by atoms with Gasteiger partial charge in [-0.25, -0.2) is 4.79 Å². The zero-order valence-corrected chi connectivity index (χ0v) is 13.5. The highest BCUT2D eigenvalue weighted by molar-refractivity contribution is 5.92. The molecule has 2 N–H and O–H groups in total. The van der Waals surface area contributed by atoms with Crippen molar-refractivity contribution in [3.8, 4) is 0 Å². The van der Waals surface area contributed by atoms with Gasteiger partial charge in [-0.05, 0) is 30.9 Å². The summed E-state index contributed by atoms with van der Waals surface area (Å²) in [5.41, 5.74) is 1.19. The highest BCUT2D eigenvalue weighted by Gasteiger charge is 2.43. The van der Waals surface area contributed by atoms with E-state index in [1.807, 2.05) is 31.2 Å². The van der Waals surface area contributed by atoms with Crippen LogP contribution in [0.1, 0.15) is 24.0 Å². The molecule has 0 spiro atoms. The number of aliphatic carboxylic acids is 1. The lowest BCUT2D eigenvalue weighted by Crippen LogP contribution is -2.54. The fraction of sp³-hybridized carbons (Fsp3) is 0.529. The molecule has 1 aliphatic rings. The van der Waals surface area contributed by atoms with E-state index in [1.165, 1.54) is 7.11 Å². The molecule has 23 heavy (non-hydrogen) atoms. The third-order valence-corrected chi connectivity index (χ3v) is 4.38. The second-order valence-corrected chi connectivity index (χ2v) is 5.83. The number of carbonyl (C=O) groups is 2. The molecule has 1 atom stereocenters. The molecule has 1 fully saturated rings. The van der Waals surface area contributed by atoms with Crippen LogP contribution < -0.4 is 5.32 Å². The molecule has 0 radical (unpaired) electrons. The van der Waals surface area contributed by atoms with E-state index < -0.39 is 17.4 Å². The number of carboxylic acid groups (broad SMARTS) is 1. The molecule has 0 aliphatic carbocycles. The van der Waals surface area contributed by atoms with Crippen LogP contribution in [0.5, 0.6) is 0 Å². The van der Waals surface area contributed by atoms with Crippen LogP contribution in [0.4, 0.5) is 0 Å². The van der Waals surface area contributed by atoms with Gasteiger partial charge in [0.15, 0.2) is 6.04 Å². The van der Waals surface area contributed by atoms with E-state index in [0.29, 0.717) is 26.1 Å².